The monoisotopic (exact) mass is 332 g/mol. The first-order valence-corrected chi connectivity index (χ1v) is 7.29. The lowest BCUT2D eigenvalue weighted by atomic mass is 9.82. The number of aromatic nitrogens is 1. The minimum atomic E-state index is -4.73. The number of carbonyl (C=O) groups excluding carboxylic acids is 1. The zero-order valence-electron chi connectivity index (χ0n) is 14.0. The van der Waals surface area contributed by atoms with Crippen LogP contribution in [-0.4, -0.2) is 16.0 Å². The lowest BCUT2D eigenvalue weighted by Crippen LogP contribution is -2.47. The van der Waals surface area contributed by atoms with Crippen molar-refractivity contribution in [2.75, 3.05) is 0 Å². The van der Waals surface area contributed by atoms with E-state index in [1.807, 2.05) is 34.6 Å². The highest BCUT2D eigenvalue weighted by Gasteiger charge is 2.34. The highest BCUT2D eigenvalue weighted by atomic mass is 19.4. The Bertz CT molecular complexity index is 625. The van der Waals surface area contributed by atoms with Crippen molar-refractivity contribution >= 4 is 5.91 Å². The van der Waals surface area contributed by atoms with E-state index in [2.05, 4.69) is 5.32 Å². The highest BCUT2D eigenvalue weighted by molar-refractivity contribution is 5.76. The first-order valence-electron chi connectivity index (χ1n) is 7.29. The molecule has 7 heteroatoms. The van der Waals surface area contributed by atoms with Crippen molar-refractivity contribution < 1.29 is 18.0 Å². The third-order valence-electron chi connectivity index (χ3n) is 3.09. The predicted molar refractivity (Wildman–Crippen MR) is 82.0 cm³/mol. The van der Waals surface area contributed by atoms with E-state index in [9.17, 15) is 22.8 Å². The van der Waals surface area contributed by atoms with Crippen LogP contribution in [0.5, 0.6) is 0 Å². The molecule has 1 N–H and O–H groups in total. The largest absolute Gasteiger partial charge is 0.421 e. The van der Waals surface area contributed by atoms with Gasteiger partial charge in [-0.1, -0.05) is 20.8 Å². The van der Waals surface area contributed by atoms with E-state index in [-0.39, 0.29) is 5.41 Å². The molecule has 0 fully saturated rings. The van der Waals surface area contributed by atoms with Gasteiger partial charge in [-0.05, 0) is 37.8 Å². The SMILES string of the molecule is CC(C)(C)CC(C)(C)NC(=O)Cn1cccc(C(F)(F)F)c1=O. The van der Waals surface area contributed by atoms with E-state index in [0.29, 0.717) is 12.5 Å². The summed E-state index contributed by atoms with van der Waals surface area (Å²) in [6.07, 6.45) is -2.88. The second-order valence-corrected chi connectivity index (χ2v) is 7.52. The molecule has 0 aliphatic rings. The van der Waals surface area contributed by atoms with Gasteiger partial charge in [-0.2, -0.15) is 13.2 Å². The van der Waals surface area contributed by atoms with Gasteiger partial charge in [0.05, 0.1) is 0 Å². The molecule has 0 saturated heterocycles. The van der Waals surface area contributed by atoms with Gasteiger partial charge in [-0.25, -0.2) is 0 Å². The van der Waals surface area contributed by atoms with Crippen LogP contribution in [0.25, 0.3) is 0 Å². The first kappa shape index (κ1) is 19.3. The number of nitrogens with one attached hydrogen (secondary N) is 1. The Morgan fingerprint density at radius 2 is 1.74 bits per heavy atom. The van der Waals surface area contributed by atoms with Gasteiger partial charge in [0.2, 0.25) is 5.91 Å². The van der Waals surface area contributed by atoms with Gasteiger partial charge in [-0.15, -0.1) is 0 Å². The van der Waals surface area contributed by atoms with Crippen LogP contribution in [0.4, 0.5) is 13.2 Å². The number of hydrogen-bond donors (Lipinski definition) is 1. The quantitative estimate of drug-likeness (QED) is 0.920. The average molecular weight is 332 g/mol. The van der Waals surface area contributed by atoms with Crippen molar-refractivity contribution in [2.45, 2.75) is 59.3 Å². The van der Waals surface area contributed by atoms with Gasteiger partial charge in [-0.3, -0.25) is 9.59 Å². The molecule has 0 spiro atoms. The fourth-order valence-electron chi connectivity index (χ4n) is 2.82. The van der Waals surface area contributed by atoms with Crippen LogP contribution in [-0.2, 0) is 17.5 Å². The summed E-state index contributed by atoms with van der Waals surface area (Å²) in [6, 6.07) is 1.82. The van der Waals surface area contributed by atoms with Gasteiger partial charge in [0, 0.05) is 11.7 Å². The van der Waals surface area contributed by atoms with E-state index in [1.165, 1.54) is 6.20 Å². The van der Waals surface area contributed by atoms with Crippen molar-refractivity contribution in [3.8, 4) is 0 Å². The molecule has 0 radical (unpaired) electrons. The molecule has 0 bridgehead atoms. The molecule has 0 atom stereocenters. The summed E-state index contributed by atoms with van der Waals surface area (Å²) in [4.78, 5) is 23.9. The lowest BCUT2D eigenvalue weighted by molar-refractivity contribution is -0.139. The molecule has 1 aromatic heterocycles. The van der Waals surface area contributed by atoms with E-state index >= 15 is 0 Å². The fraction of sp³-hybridized carbons (Fsp3) is 0.625. The summed E-state index contributed by atoms with van der Waals surface area (Å²) in [7, 11) is 0. The zero-order chi connectivity index (χ0) is 18.1. The van der Waals surface area contributed by atoms with Gasteiger partial charge >= 0.3 is 6.18 Å². The minimum absolute atomic E-state index is 0.0240. The van der Waals surface area contributed by atoms with Crippen molar-refractivity contribution in [2.24, 2.45) is 5.41 Å². The zero-order valence-corrected chi connectivity index (χ0v) is 14.0. The number of rotatable bonds is 4. The summed E-state index contributed by atoms with van der Waals surface area (Å²) in [5, 5.41) is 2.77. The maximum absolute atomic E-state index is 12.7. The highest BCUT2D eigenvalue weighted by Crippen LogP contribution is 2.27. The minimum Gasteiger partial charge on any atom is -0.350 e. The van der Waals surface area contributed by atoms with Crippen LogP contribution in [0.1, 0.15) is 46.6 Å². The van der Waals surface area contributed by atoms with Crippen LogP contribution < -0.4 is 10.9 Å². The number of hydrogen-bond acceptors (Lipinski definition) is 2. The Balaban J connectivity index is 2.89. The molecule has 1 rings (SSSR count). The number of halogens is 3. The second-order valence-electron chi connectivity index (χ2n) is 7.52. The Hall–Kier alpha value is -1.79. The van der Waals surface area contributed by atoms with Crippen molar-refractivity contribution in [3.05, 3.63) is 34.2 Å². The lowest BCUT2D eigenvalue weighted by Gasteiger charge is -2.33. The Kier molecular flexibility index (Phi) is 5.34. The molecule has 0 aliphatic heterocycles. The average Bonchev–Trinajstić information content (AvgIpc) is 2.25. The van der Waals surface area contributed by atoms with Gasteiger partial charge in [0.15, 0.2) is 0 Å². The molecule has 0 saturated carbocycles. The number of amides is 1. The molecule has 0 aliphatic carbocycles. The first-order chi connectivity index (χ1) is 10.2. The number of nitrogens with zero attached hydrogens (tertiary/aromatic N) is 1. The normalized spacial score (nSPS) is 13.0. The van der Waals surface area contributed by atoms with Gasteiger partial charge in [0.25, 0.3) is 5.56 Å². The summed E-state index contributed by atoms with van der Waals surface area (Å²) < 4.78 is 38.9. The summed E-state index contributed by atoms with van der Waals surface area (Å²) in [6.45, 7) is 9.31. The van der Waals surface area contributed by atoms with Crippen molar-refractivity contribution in [1.29, 1.82) is 0 Å². The summed E-state index contributed by atoms with van der Waals surface area (Å²) in [5.74, 6) is -0.499. The van der Waals surface area contributed by atoms with Crippen LogP contribution >= 0.6 is 0 Å². The topological polar surface area (TPSA) is 51.1 Å². The molecular formula is C16H23F3N2O2. The summed E-state index contributed by atoms with van der Waals surface area (Å²) >= 11 is 0. The molecule has 4 nitrogen and oxygen atoms in total. The van der Waals surface area contributed by atoms with Crippen molar-refractivity contribution in [1.82, 2.24) is 9.88 Å². The molecule has 1 heterocycles. The van der Waals surface area contributed by atoms with Crippen LogP contribution in [0, 0.1) is 5.41 Å². The third-order valence-corrected chi connectivity index (χ3v) is 3.09. The molecule has 0 unspecified atom stereocenters. The maximum Gasteiger partial charge on any atom is 0.421 e. The molecule has 23 heavy (non-hydrogen) atoms. The Labute approximate surface area is 133 Å². The van der Waals surface area contributed by atoms with Gasteiger partial charge < -0.3 is 9.88 Å². The second kappa shape index (κ2) is 6.37. The Morgan fingerprint density at radius 3 is 2.22 bits per heavy atom. The van der Waals surface area contributed by atoms with Crippen LogP contribution in [0.2, 0.25) is 0 Å². The smallest absolute Gasteiger partial charge is 0.350 e. The van der Waals surface area contributed by atoms with E-state index in [1.54, 1.807) is 0 Å². The summed E-state index contributed by atoms with van der Waals surface area (Å²) in [5.41, 5.74) is -3.05. The van der Waals surface area contributed by atoms with E-state index < -0.39 is 35.3 Å². The fourth-order valence-corrected chi connectivity index (χ4v) is 2.82. The van der Waals surface area contributed by atoms with Crippen LogP contribution in [0.3, 0.4) is 0 Å². The molecular weight excluding hydrogens is 309 g/mol. The Morgan fingerprint density at radius 1 is 1.17 bits per heavy atom. The molecule has 1 aromatic rings. The van der Waals surface area contributed by atoms with Gasteiger partial charge in [0.1, 0.15) is 12.1 Å². The number of alkyl halides is 3. The predicted octanol–water partition coefficient (Wildman–Crippen LogP) is 3.20. The van der Waals surface area contributed by atoms with Crippen molar-refractivity contribution in [3.63, 3.8) is 0 Å². The number of pyridine rings is 1. The molecule has 130 valence electrons. The molecule has 1 amide bonds. The maximum atomic E-state index is 12.7. The number of carbonyl (C=O) groups is 1. The van der Waals surface area contributed by atoms with E-state index in [4.69, 9.17) is 0 Å². The standard InChI is InChI=1S/C16H23F3N2O2/c1-14(2,3)10-15(4,5)20-12(22)9-21-8-6-7-11(13(21)23)16(17,18)19/h6-8H,9-10H2,1-5H3,(H,20,22). The van der Waals surface area contributed by atoms with E-state index in [0.717, 1.165) is 10.6 Å². The van der Waals surface area contributed by atoms with Crippen LogP contribution in [0.15, 0.2) is 23.1 Å². The molecule has 0 aromatic carbocycles. The third kappa shape index (κ3) is 6.08.